The maximum atomic E-state index is 13.8. The summed E-state index contributed by atoms with van der Waals surface area (Å²) in [5, 5.41) is 10.6. The first-order chi connectivity index (χ1) is 17.7. The molecule has 11 heteroatoms. The number of aromatic hydroxyl groups is 1. The summed E-state index contributed by atoms with van der Waals surface area (Å²) in [5.41, 5.74) is 1.53. The third-order valence-corrected chi connectivity index (χ3v) is 7.93. The molecule has 0 unspecified atom stereocenters. The van der Waals surface area contributed by atoms with Crippen LogP contribution in [0.4, 0.5) is 0 Å². The minimum atomic E-state index is -0.793. The number of ether oxygens (including phenoxy) is 3. The number of hydrogen-bond donors (Lipinski definition) is 1. The first-order valence-corrected chi connectivity index (χ1v) is 14.1. The molecule has 0 aliphatic carbocycles. The monoisotopic (exact) mass is 698 g/mol. The topological polar surface area (TPSA) is 99.4 Å². The zero-order valence-electron chi connectivity index (χ0n) is 20.5. The van der Waals surface area contributed by atoms with Gasteiger partial charge in [0.2, 0.25) is 0 Å². The molecular formula is C26H24BrIN2O6S. The normalized spacial score (nSPS) is 15.3. The Bertz CT molecular complexity index is 1590. The molecule has 1 N–H and O–H groups in total. The predicted molar refractivity (Wildman–Crippen MR) is 153 cm³/mol. The van der Waals surface area contributed by atoms with E-state index < -0.39 is 12.0 Å². The largest absolute Gasteiger partial charge is 0.506 e. The summed E-state index contributed by atoms with van der Waals surface area (Å²) in [5.74, 6) is 0.564. The Balaban J connectivity index is 1.99. The number of halogens is 2. The zero-order valence-corrected chi connectivity index (χ0v) is 25.1. The van der Waals surface area contributed by atoms with Crippen LogP contribution in [-0.4, -0.2) is 36.0 Å². The van der Waals surface area contributed by atoms with Crippen LogP contribution in [0, 0.1) is 3.57 Å². The van der Waals surface area contributed by atoms with Gasteiger partial charge in [0.05, 0.1) is 45.7 Å². The lowest BCUT2D eigenvalue weighted by atomic mass is 9.95. The summed E-state index contributed by atoms with van der Waals surface area (Å²) in [6, 6.07) is 8.03. The Morgan fingerprint density at radius 3 is 2.68 bits per heavy atom. The van der Waals surface area contributed by atoms with Crippen LogP contribution in [0.25, 0.3) is 6.08 Å². The van der Waals surface area contributed by atoms with Crippen LogP contribution in [0.2, 0.25) is 0 Å². The fraction of sp³-hybridized carbons (Fsp3) is 0.269. The quantitative estimate of drug-likeness (QED) is 0.292. The van der Waals surface area contributed by atoms with E-state index >= 15 is 0 Å². The van der Waals surface area contributed by atoms with Gasteiger partial charge in [-0.15, -0.1) is 0 Å². The highest BCUT2D eigenvalue weighted by molar-refractivity contribution is 14.1. The number of carbonyl (C=O) groups is 1. The number of phenols is 1. The van der Waals surface area contributed by atoms with Gasteiger partial charge in [-0.3, -0.25) is 9.36 Å². The smallest absolute Gasteiger partial charge is 0.338 e. The van der Waals surface area contributed by atoms with Crippen LogP contribution in [0.15, 0.2) is 55.9 Å². The van der Waals surface area contributed by atoms with E-state index in [-0.39, 0.29) is 23.5 Å². The van der Waals surface area contributed by atoms with Crippen molar-refractivity contribution < 1.29 is 24.1 Å². The van der Waals surface area contributed by atoms with Gasteiger partial charge in [-0.25, -0.2) is 9.79 Å². The average Bonchev–Trinajstić information content (AvgIpc) is 3.15. The minimum absolute atomic E-state index is 0.0751. The molecule has 0 bridgehead atoms. The van der Waals surface area contributed by atoms with Gasteiger partial charge in [-0.05, 0) is 79.3 Å². The number of thiazole rings is 1. The summed E-state index contributed by atoms with van der Waals surface area (Å²) < 4.78 is 19.8. The fourth-order valence-electron chi connectivity index (χ4n) is 4.08. The average molecular weight is 699 g/mol. The number of hydrogen-bond acceptors (Lipinski definition) is 8. The lowest BCUT2D eigenvalue weighted by Crippen LogP contribution is -2.40. The molecule has 0 spiro atoms. The van der Waals surface area contributed by atoms with Crippen LogP contribution in [0.5, 0.6) is 17.2 Å². The van der Waals surface area contributed by atoms with Crippen molar-refractivity contribution >= 4 is 61.9 Å². The Labute approximate surface area is 239 Å². The number of methoxy groups -OCH3 is 1. The van der Waals surface area contributed by atoms with Crippen LogP contribution in [0.1, 0.15) is 37.9 Å². The van der Waals surface area contributed by atoms with Crippen LogP contribution in [0.3, 0.4) is 0 Å². The fourth-order valence-corrected chi connectivity index (χ4v) is 6.66. The number of fused-ring (bicyclic) bond motifs is 1. The maximum absolute atomic E-state index is 13.8. The van der Waals surface area contributed by atoms with Crippen LogP contribution in [-0.2, 0) is 9.53 Å². The van der Waals surface area contributed by atoms with E-state index in [1.54, 1.807) is 57.4 Å². The molecule has 1 aliphatic rings. The second-order valence-electron chi connectivity index (χ2n) is 7.97. The van der Waals surface area contributed by atoms with Crippen molar-refractivity contribution in [2.45, 2.75) is 26.8 Å². The Kier molecular flexibility index (Phi) is 8.44. The van der Waals surface area contributed by atoms with E-state index in [0.29, 0.717) is 47.8 Å². The molecular weight excluding hydrogens is 675 g/mol. The van der Waals surface area contributed by atoms with E-state index in [2.05, 4.69) is 20.9 Å². The highest BCUT2D eigenvalue weighted by Crippen LogP contribution is 2.36. The second-order valence-corrected chi connectivity index (χ2v) is 11.1. The maximum Gasteiger partial charge on any atom is 0.338 e. The molecule has 1 aromatic heterocycles. The van der Waals surface area contributed by atoms with Gasteiger partial charge in [-0.2, -0.15) is 0 Å². The molecule has 194 valence electrons. The molecule has 0 radical (unpaired) electrons. The SMILES string of the molecule is CCOC(=O)C1=C(C)N=c2s/c(=C\c3cc(Br)cc(I)c3O)c(=O)n2[C@H]1c1ccc(OC)c(OCC)c1. The minimum Gasteiger partial charge on any atom is -0.506 e. The van der Waals surface area contributed by atoms with Gasteiger partial charge < -0.3 is 19.3 Å². The van der Waals surface area contributed by atoms with Gasteiger partial charge in [-0.1, -0.05) is 33.3 Å². The van der Waals surface area contributed by atoms with Gasteiger partial charge in [0.25, 0.3) is 5.56 Å². The summed E-state index contributed by atoms with van der Waals surface area (Å²) in [6.07, 6.45) is 1.63. The molecule has 0 saturated carbocycles. The standard InChI is InChI=1S/C26H24BrIN2O6S/c1-5-35-19-10-14(7-8-18(19)34-4)22-21(25(33)36-6-2)13(3)29-26-30(22)24(32)20(37-26)11-15-9-16(27)12-17(28)23(15)31/h7-12,22,31H,5-6H2,1-4H3/b20-11-/t22-/m0/s1. The van der Waals surface area contributed by atoms with Gasteiger partial charge in [0, 0.05) is 10.0 Å². The molecule has 4 rings (SSSR count). The van der Waals surface area contributed by atoms with Crippen molar-refractivity contribution in [3.05, 3.63) is 80.5 Å². The number of rotatable bonds is 7. The molecule has 0 fully saturated rings. The van der Waals surface area contributed by atoms with E-state index in [0.717, 1.165) is 4.47 Å². The Morgan fingerprint density at radius 2 is 2.00 bits per heavy atom. The number of nitrogens with zero attached hydrogens (tertiary/aromatic N) is 2. The highest BCUT2D eigenvalue weighted by Gasteiger charge is 2.34. The summed E-state index contributed by atoms with van der Waals surface area (Å²) >= 11 is 6.66. The summed E-state index contributed by atoms with van der Waals surface area (Å²) in [7, 11) is 1.55. The predicted octanol–water partition coefficient (Wildman–Crippen LogP) is 4.28. The van der Waals surface area contributed by atoms with Crippen molar-refractivity contribution in [1.29, 1.82) is 0 Å². The van der Waals surface area contributed by atoms with Crippen molar-refractivity contribution in [2.75, 3.05) is 20.3 Å². The first-order valence-electron chi connectivity index (χ1n) is 11.4. The summed E-state index contributed by atoms with van der Waals surface area (Å²) in [4.78, 5) is 31.9. The van der Waals surface area contributed by atoms with Crippen LogP contribution >= 0.6 is 49.9 Å². The van der Waals surface area contributed by atoms with Gasteiger partial charge in [0.15, 0.2) is 16.3 Å². The van der Waals surface area contributed by atoms with E-state index in [1.807, 2.05) is 29.5 Å². The Morgan fingerprint density at radius 1 is 1.24 bits per heavy atom. The van der Waals surface area contributed by atoms with Crippen molar-refractivity contribution in [2.24, 2.45) is 4.99 Å². The molecule has 1 atom stereocenters. The number of allylic oxidation sites excluding steroid dienone is 1. The van der Waals surface area contributed by atoms with Crippen molar-refractivity contribution in [3.8, 4) is 17.2 Å². The van der Waals surface area contributed by atoms with Crippen molar-refractivity contribution in [3.63, 3.8) is 0 Å². The number of aromatic nitrogens is 1. The highest BCUT2D eigenvalue weighted by atomic mass is 127. The van der Waals surface area contributed by atoms with Gasteiger partial charge >= 0.3 is 5.97 Å². The van der Waals surface area contributed by atoms with E-state index in [1.165, 1.54) is 15.9 Å². The molecule has 3 aromatic rings. The molecule has 2 aromatic carbocycles. The molecule has 8 nitrogen and oxygen atoms in total. The molecule has 2 heterocycles. The number of phenolic OH excluding ortho intramolecular Hbond substituents is 1. The third kappa shape index (κ3) is 5.34. The number of esters is 1. The third-order valence-electron chi connectivity index (χ3n) is 5.66. The second kappa shape index (κ2) is 11.4. The van der Waals surface area contributed by atoms with Crippen molar-refractivity contribution in [1.82, 2.24) is 4.57 Å². The Hall–Kier alpha value is -2.64. The van der Waals surface area contributed by atoms with E-state index in [9.17, 15) is 14.7 Å². The lowest BCUT2D eigenvalue weighted by molar-refractivity contribution is -0.139. The molecule has 0 amide bonds. The van der Waals surface area contributed by atoms with E-state index in [4.69, 9.17) is 14.2 Å². The lowest BCUT2D eigenvalue weighted by Gasteiger charge is -2.25. The zero-order chi connectivity index (χ0) is 26.9. The first kappa shape index (κ1) is 27.4. The molecule has 37 heavy (non-hydrogen) atoms. The van der Waals surface area contributed by atoms with Crippen LogP contribution < -0.4 is 24.4 Å². The van der Waals surface area contributed by atoms with Gasteiger partial charge in [0.1, 0.15) is 5.75 Å². The number of benzene rings is 2. The number of carbonyl (C=O) groups excluding carboxylic acids is 1. The summed E-state index contributed by atoms with van der Waals surface area (Å²) in [6.45, 7) is 5.91. The molecule has 0 saturated heterocycles. The molecule has 1 aliphatic heterocycles.